The van der Waals surface area contributed by atoms with Crippen LogP contribution in [-0.2, 0) is 42.8 Å². The van der Waals surface area contributed by atoms with Gasteiger partial charge in [0, 0.05) is 27.3 Å². The van der Waals surface area contributed by atoms with E-state index in [9.17, 15) is 19.2 Å². The van der Waals surface area contributed by atoms with E-state index in [2.05, 4.69) is 0 Å². The van der Waals surface area contributed by atoms with Gasteiger partial charge in [-0.3, -0.25) is 19.3 Å². The normalized spacial score (nSPS) is 22.9. The largest absolute Gasteiger partial charge is 0.463 e. The molecule has 1 aliphatic heterocycles. The van der Waals surface area contributed by atoms with Gasteiger partial charge in [0.15, 0.2) is 6.10 Å². The van der Waals surface area contributed by atoms with Crippen molar-refractivity contribution < 1.29 is 52.7 Å². The smallest absolute Gasteiger partial charge is 0.413 e. The number of aliphatic hydroxyl groups excluding tert-OH is 1. The van der Waals surface area contributed by atoms with E-state index in [-0.39, 0.29) is 33.0 Å². The maximum atomic E-state index is 12.6. The van der Waals surface area contributed by atoms with Crippen LogP contribution >= 0.6 is 0 Å². The van der Waals surface area contributed by atoms with Crippen molar-refractivity contribution in [1.82, 2.24) is 4.90 Å². The number of carbonyl (C=O) groups excluding carboxylic acids is 4. The van der Waals surface area contributed by atoms with Crippen molar-refractivity contribution >= 4 is 24.0 Å². The molecule has 1 amide bonds. The highest BCUT2D eigenvalue weighted by Gasteiger charge is 2.45. The second-order valence-corrected chi connectivity index (χ2v) is 6.77. The van der Waals surface area contributed by atoms with E-state index in [1.54, 1.807) is 0 Å². The molecule has 1 fully saturated rings. The first-order valence-electron chi connectivity index (χ1n) is 9.95. The monoisotopic (exact) mass is 449 g/mol. The molecule has 0 aromatic rings. The van der Waals surface area contributed by atoms with Gasteiger partial charge in [0.2, 0.25) is 6.29 Å². The lowest BCUT2D eigenvalue weighted by molar-refractivity contribution is -0.254. The number of amides is 1. The lowest BCUT2D eigenvalue weighted by Crippen LogP contribution is -2.55. The Hall–Kier alpha value is -2.44. The molecular formula is C19H31NO11. The molecule has 1 heterocycles. The van der Waals surface area contributed by atoms with Crippen LogP contribution in [0.2, 0.25) is 0 Å². The zero-order valence-corrected chi connectivity index (χ0v) is 18.2. The summed E-state index contributed by atoms with van der Waals surface area (Å²) in [6.07, 6.45) is -4.46. The van der Waals surface area contributed by atoms with Gasteiger partial charge in [0.1, 0.15) is 25.5 Å². The fourth-order valence-electron chi connectivity index (χ4n) is 2.88. The van der Waals surface area contributed by atoms with Crippen LogP contribution in [0.5, 0.6) is 0 Å². The first-order valence-corrected chi connectivity index (χ1v) is 9.95. The molecule has 4 atom stereocenters. The number of carbonyl (C=O) groups is 4. The first kappa shape index (κ1) is 26.6. The summed E-state index contributed by atoms with van der Waals surface area (Å²) in [7, 11) is 0. The third-order valence-corrected chi connectivity index (χ3v) is 4.02. The van der Waals surface area contributed by atoms with Crippen LogP contribution in [0.3, 0.4) is 0 Å². The number of aliphatic hydroxyl groups is 1. The number of esters is 3. The summed E-state index contributed by atoms with van der Waals surface area (Å²) in [5.41, 5.74) is 0. The van der Waals surface area contributed by atoms with Crippen LogP contribution in [0, 0.1) is 0 Å². The molecule has 1 N–H and O–H groups in total. The summed E-state index contributed by atoms with van der Waals surface area (Å²) in [5.74, 6) is -1.88. The van der Waals surface area contributed by atoms with Gasteiger partial charge in [-0.2, -0.15) is 0 Å². The third-order valence-electron chi connectivity index (χ3n) is 4.02. The van der Waals surface area contributed by atoms with E-state index < -0.39 is 48.6 Å². The highest BCUT2D eigenvalue weighted by Crippen LogP contribution is 2.27. The Morgan fingerprint density at radius 1 is 1.03 bits per heavy atom. The van der Waals surface area contributed by atoms with Gasteiger partial charge in [0.25, 0.3) is 0 Å². The molecule has 0 radical (unpaired) electrons. The fourth-order valence-corrected chi connectivity index (χ4v) is 2.88. The van der Waals surface area contributed by atoms with Crippen molar-refractivity contribution in [3.05, 3.63) is 0 Å². The van der Waals surface area contributed by atoms with E-state index in [1.165, 1.54) is 25.7 Å². The minimum Gasteiger partial charge on any atom is -0.463 e. The fraction of sp³-hybridized carbons (Fsp3) is 0.789. The Morgan fingerprint density at radius 2 is 1.71 bits per heavy atom. The minimum atomic E-state index is -1.17. The van der Waals surface area contributed by atoms with Crippen molar-refractivity contribution in [3.63, 3.8) is 0 Å². The van der Waals surface area contributed by atoms with E-state index in [4.69, 9.17) is 33.5 Å². The molecule has 12 heteroatoms. The predicted molar refractivity (Wildman–Crippen MR) is 102 cm³/mol. The maximum Gasteiger partial charge on any atom is 0.413 e. The zero-order chi connectivity index (χ0) is 23.4. The van der Waals surface area contributed by atoms with E-state index >= 15 is 0 Å². The molecule has 1 saturated heterocycles. The highest BCUT2D eigenvalue weighted by atomic mass is 16.7. The Morgan fingerprint density at radius 3 is 2.26 bits per heavy atom. The molecule has 12 nitrogen and oxygen atoms in total. The van der Waals surface area contributed by atoms with Crippen molar-refractivity contribution in [2.24, 2.45) is 0 Å². The van der Waals surface area contributed by atoms with E-state index in [0.717, 1.165) is 0 Å². The molecule has 178 valence electrons. The predicted octanol–water partition coefficient (Wildman–Crippen LogP) is 0.343. The molecule has 1 rings (SSSR count). The molecule has 31 heavy (non-hydrogen) atoms. The molecule has 1 aliphatic rings. The molecule has 0 spiro atoms. The van der Waals surface area contributed by atoms with Gasteiger partial charge in [-0.1, -0.05) is 6.92 Å². The Kier molecular flexibility index (Phi) is 11.8. The summed E-state index contributed by atoms with van der Waals surface area (Å²) in [5, 5.41) is 8.82. The molecule has 0 aromatic carbocycles. The summed E-state index contributed by atoms with van der Waals surface area (Å²) in [4.78, 5) is 48.1. The molecule has 0 bridgehead atoms. The topological polar surface area (TPSA) is 147 Å². The molecular weight excluding hydrogens is 418 g/mol. The van der Waals surface area contributed by atoms with Gasteiger partial charge in [-0.05, 0) is 6.42 Å². The average molecular weight is 449 g/mol. The Bertz CT molecular complexity index is 612. The number of hydrogen-bond donors (Lipinski definition) is 1. The lowest BCUT2D eigenvalue weighted by atomic mass is 10.0. The Labute approximate surface area is 180 Å². The van der Waals surface area contributed by atoms with Gasteiger partial charge in [-0.15, -0.1) is 0 Å². The van der Waals surface area contributed by atoms with Crippen LogP contribution in [0.4, 0.5) is 4.79 Å². The molecule has 0 unspecified atom stereocenters. The highest BCUT2D eigenvalue weighted by molar-refractivity contribution is 5.68. The summed E-state index contributed by atoms with van der Waals surface area (Å²) in [6.45, 7) is 5.20. The molecule has 0 aliphatic carbocycles. The van der Waals surface area contributed by atoms with Crippen LogP contribution in [0.25, 0.3) is 0 Å². The van der Waals surface area contributed by atoms with Gasteiger partial charge >= 0.3 is 24.0 Å². The van der Waals surface area contributed by atoms with Crippen LogP contribution in [0.1, 0.15) is 40.5 Å². The summed E-state index contributed by atoms with van der Waals surface area (Å²) in [6, 6.07) is 0. The van der Waals surface area contributed by atoms with Crippen molar-refractivity contribution in [1.29, 1.82) is 0 Å². The quantitative estimate of drug-likeness (QED) is 0.201. The minimum absolute atomic E-state index is 0.0521. The number of ether oxygens (including phenoxy) is 6. The second kappa shape index (κ2) is 13.8. The molecule has 0 saturated carbocycles. The maximum absolute atomic E-state index is 12.6. The SMILES string of the molecule is CCCN(COCCO)C(=O)O[C@H]1C[C@@H](OC(C)=O)[C@@H](OC(C)=O)[C@@H](COC(C)=O)O1. The van der Waals surface area contributed by atoms with Crippen molar-refractivity contribution in [2.75, 3.05) is 33.1 Å². The van der Waals surface area contributed by atoms with Crippen molar-refractivity contribution in [3.8, 4) is 0 Å². The van der Waals surface area contributed by atoms with Gasteiger partial charge in [0.05, 0.1) is 19.6 Å². The van der Waals surface area contributed by atoms with E-state index in [0.29, 0.717) is 13.0 Å². The standard InChI is InChI=1S/C19H31NO11/c1-5-6-20(11-26-8-7-21)19(25)31-17-9-15(28-13(3)23)18(29-14(4)24)16(30-17)10-27-12(2)22/h15-18,21H,5-11H2,1-4H3/t15-,16-,17+,18-/m1/s1. The van der Waals surface area contributed by atoms with Gasteiger partial charge in [-0.25, -0.2) is 4.79 Å². The molecule has 0 aromatic heterocycles. The average Bonchev–Trinajstić information content (AvgIpc) is 2.67. The van der Waals surface area contributed by atoms with Crippen molar-refractivity contribution in [2.45, 2.75) is 65.1 Å². The van der Waals surface area contributed by atoms with Crippen LogP contribution < -0.4 is 0 Å². The lowest BCUT2D eigenvalue weighted by Gasteiger charge is -2.39. The van der Waals surface area contributed by atoms with E-state index in [1.807, 2.05) is 6.92 Å². The van der Waals surface area contributed by atoms with Crippen LogP contribution in [-0.4, -0.2) is 91.7 Å². The number of hydrogen-bond acceptors (Lipinski definition) is 11. The zero-order valence-electron chi connectivity index (χ0n) is 18.2. The second-order valence-electron chi connectivity index (χ2n) is 6.77. The summed E-state index contributed by atoms with van der Waals surface area (Å²) < 4.78 is 31.7. The van der Waals surface area contributed by atoms with Gasteiger partial charge < -0.3 is 33.5 Å². The Balaban J connectivity index is 2.95. The summed E-state index contributed by atoms with van der Waals surface area (Å²) >= 11 is 0. The third kappa shape index (κ3) is 9.94. The first-order chi connectivity index (χ1) is 14.7. The van der Waals surface area contributed by atoms with Crippen LogP contribution in [0.15, 0.2) is 0 Å². The number of nitrogens with zero attached hydrogens (tertiary/aromatic N) is 1. The number of rotatable bonds is 11.